The highest BCUT2D eigenvalue weighted by Gasteiger charge is 2.20. The zero-order valence-corrected chi connectivity index (χ0v) is 17.1. The highest BCUT2D eigenvalue weighted by Crippen LogP contribution is 2.17. The van der Waals surface area contributed by atoms with Crippen molar-refractivity contribution in [2.75, 3.05) is 6.61 Å². The summed E-state index contributed by atoms with van der Waals surface area (Å²) in [6.07, 6.45) is 2.44. The van der Waals surface area contributed by atoms with Gasteiger partial charge in [-0.3, -0.25) is 18.3 Å². The third kappa shape index (κ3) is 3.00. The fraction of sp³-hybridized carbons (Fsp3) is 0.381. The molecule has 0 aliphatic heterocycles. The van der Waals surface area contributed by atoms with Crippen LogP contribution in [0, 0.1) is 20.8 Å². The van der Waals surface area contributed by atoms with E-state index in [0.29, 0.717) is 29.9 Å². The Morgan fingerprint density at radius 1 is 1.10 bits per heavy atom. The summed E-state index contributed by atoms with van der Waals surface area (Å²) >= 11 is 0. The van der Waals surface area contributed by atoms with E-state index in [1.54, 1.807) is 11.4 Å². The van der Waals surface area contributed by atoms with Crippen LogP contribution in [0.1, 0.15) is 28.8 Å². The second-order valence-corrected chi connectivity index (χ2v) is 7.62. The fourth-order valence-electron chi connectivity index (χ4n) is 3.84. The first-order valence-corrected chi connectivity index (χ1v) is 9.68. The molecule has 0 atom stereocenters. The third-order valence-corrected chi connectivity index (χ3v) is 5.51. The Labute approximate surface area is 167 Å². The number of nitrogens with zero attached hydrogens (tertiary/aromatic N) is 5. The number of aryl methyl sites for hydroxylation is 5. The number of aromatic nitrogens is 5. The van der Waals surface area contributed by atoms with Gasteiger partial charge in [0, 0.05) is 32.1 Å². The summed E-state index contributed by atoms with van der Waals surface area (Å²) in [5.41, 5.74) is 4.02. The average Bonchev–Trinajstić information content (AvgIpc) is 3.19. The molecule has 1 N–H and O–H groups in total. The molecule has 8 nitrogen and oxygen atoms in total. The molecule has 0 saturated carbocycles. The van der Waals surface area contributed by atoms with Crippen molar-refractivity contribution in [3.8, 4) is 0 Å². The Kier molecular flexibility index (Phi) is 4.66. The molecule has 8 heteroatoms. The van der Waals surface area contributed by atoms with Gasteiger partial charge >= 0.3 is 5.69 Å². The number of rotatable bonds is 5. The van der Waals surface area contributed by atoms with Gasteiger partial charge in [0.25, 0.3) is 5.56 Å². The normalized spacial score (nSPS) is 11.8. The van der Waals surface area contributed by atoms with Crippen LogP contribution in [-0.4, -0.2) is 34.8 Å². The van der Waals surface area contributed by atoms with Crippen molar-refractivity contribution < 1.29 is 5.11 Å². The number of aliphatic hydroxyl groups is 1. The average molecular weight is 395 g/mol. The van der Waals surface area contributed by atoms with Crippen molar-refractivity contribution in [2.45, 2.75) is 40.3 Å². The molecule has 0 unspecified atom stereocenters. The molecule has 1 aromatic carbocycles. The molecule has 29 heavy (non-hydrogen) atoms. The molecule has 3 heterocycles. The molecule has 0 saturated heterocycles. The lowest BCUT2D eigenvalue weighted by atomic mass is 10.1. The molecule has 3 aromatic heterocycles. The minimum Gasteiger partial charge on any atom is -0.396 e. The lowest BCUT2D eigenvalue weighted by molar-refractivity contribution is 0.280. The van der Waals surface area contributed by atoms with Gasteiger partial charge in [0.05, 0.1) is 6.54 Å². The smallest absolute Gasteiger partial charge is 0.332 e. The van der Waals surface area contributed by atoms with Crippen molar-refractivity contribution in [3.63, 3.8) is 0 Å². The van der Waals surface area contributed by atoms with Crippen molar-refractivity contribution >= 4 is 16.9 Å². The van der Waals surface area contributed by atoms with Crippen LogP contribution in [0.5, 0.6) is 0 Å². The van der Waals surface area contributed by atoms with Crippen LogP contribution in [0.15, 0.2) is 34.0 Å². The number of fused-ring (bicyclic) bond motifs is 3. The quantitative estimate of drug-likeness (QED) is 0.555. The fourth-order valence-corrected chi connectivity index (χ4v) is 3.84. The van der Waals surface area contributed by atoms with Gasteiger partial charge in [0.1, 0.15) is 0 Å². The maximum atomic E-state index is 13.4. The van der Waals surface area contributed by atoms with E-state index in [-0.39, 0.29) is 24.4 Å². The first kappa shape index (κ1) is 19.2. The number of aliphatic hydroxyl groups excluding tert-OH is 1. The minimum atomic E-state index is -0.386. The first-order chi connectivity index (χ1) is 13.8. The van der Waals surface area contributed by atoms with E-state index in [4.69, 9.17) is 0 Å². The Hall–Kier alpha value is -3.13. The summed E-state index contributed by atoms with van der Waals surface area (Å²) in [6.45, 7) is 6.79. The van der Waals surface area contributed by atoms with E-state index in [2.05, 4.69) is 4.98 Å². The molecule has 0 spiro atoms. The van der Waals surface area contributed by atoms with Gasteiger partial charge in [-0.05, 0) is 38.3 Å². The van der Waals surface area contributed by atoms with E-state index in [9.17, 15) is 14.7 Å². The van der Waals surface area contributed by atoms with Crippen LogP contribution in [-0.2, 0) is 20.1 Å². The Morgan fingerprint density at radius 2 is 1.86 bits per heavy atom. The van der Waals surface area contributed by atoms with Gasteiger partial charge in [-0.25, -0.2) is 4.79 Å². The standard InChI is InChI=1S/C21H25N5O3/c1-13-6-7-14(2)16(10-13)12-26-19(28)17-18(23(4)21(26)29)22-20-24(8-5-9-27)15(3)11-25(17)20/h6-7,10-11,27H,5,8-9,12H2,1-4H3. The highest BCUT2D eigenvalue weighted by molar-refractivity contribution is 5.75. The zero-order chi connectivity index (χ0) is 20.9. The highest BCUT2D eigenvalue weighted by atomic mass is 16.3. The number of hydrogen-bond donors (Lipinski definition) is 1. The lowest BCUT2D eigenvalue weighted by Crippen LogP contribution is -2.39. The van der Waals surface area contributed by atoms with Gasteiger partial charge in [-0.15, -0.1) is 0 Å². The van der Waals surface area contributed by atoms with E-state index in [0.717, 1.165) is 22.4 Å². The molecule has 0 aliphatic carbocycles. The summed E-state index contributed by atoms with van der Waals surface area (Å²) in [5, 5.41) is 9.17. The minimum absolute atomic E-state index is 0.0745. The van der Waals surface area contributed by atoms with Crippen LogP contribution in [0.4, 0.5) is 0 Å². The van der Waals surface area contributed by atoms with Gasteiger partial charge in [-0.2, -0.15) is 4.98 Å². The topological polar surface area (TPSA) is 86.5 Å². The summed E-state index contributed by atoms with van der Waals surface area (Å²) in [4.78, 5) is 30.9. The summed E-state index contributed by atoms with van der Waals surface area (Å²) < 4.78 is 6.41. The Bertz CT molecular complexity index is 1350. The number of imidazole rings is 2. The summed E-state index contributed by atoms with van der Waals surface area (Å²) in [5.74, 6) is 0.600. The second-order valence-electron chi connectivity index (χ2n) is 7.62. The lowest BCUT2D eigenvalue weighted by Gasteiger charge is -2.11. The molecule has 0 fully saturated rings. The molecule has 0 radical (unpaired) electrons. The van der Waals surface area contributed by atoms with Gasteiger partial charge in [0.15, 0.2) is 11.2 Å². The predicted molar refractivity (Wildman–Crippen MR) is 112 cm³/mol. The maximum Gasteiger partial charge on any atom is 0.332 e. The van der Waals surface area contributed by atoms with Gasteiger partial charge in [0.2, 0.25) is 5.78 Å². The van der Waals surface area contributed by atoms with Crippen LogP contribution in [0.3, 0.4) is 0 Å². The molecule has 4 aromatic rings. The Morgan fingerprint density at radius 3 is 2.59 bits per heavy atom. The second kappa shape index (κ2) is 7.04. The van der Waals surface area contributed by atoms with Crippen LogP contribution in [0.2, 0.25) is 0 Å². The van der Waals surface area contributed by atoms with Crippen molar-refractivity contribution in [1.82, 2.24) is 23.1 Å². The predicted octanol–water partition coefficient (Wildman–Crippen LogP) is 1.51. The maximum absolute atomic E-state index is 13.4. The summed E-state index contributed by atoms with van der Waals surface area (Å²) in [6, 6.07) is 6.02. The largest absolute Gasteiger partial charge is 0.396 e. The van der Waals surface area contributed by atoms with Crippen molar-refractivity contribution in [2.24, 2.45) is 7.05 Å². The first-order valence-electron chi connectivity index (χ1n) is 9.68. The van der Waals surface area contributed by atoms with Crippen LogP contribution in [0.25, 0.3) is 16.9 Å². The summed E-state index contributed by atoms with van der Waals surface area (Å²) in [7, 11) is 1.64. The van der Waals surface area contributed by atoms with Crippen molar-refractivity contribution in [1.29, 1.82) is 0 Å². The molecule has 152 valence electrons. The van der Waals surface area contributed by atoms with Gasteiger partial charge < -0.3 is 9.67 Å². The van der Waals surface area contributed by atoms with Gasteiger partial charge in [-0.1, -0.05) is 23.8 Å². The van der Waals surface area contributed by atoms with E-state index >= 15 is 0 Å². The molecule has 0 bridgehead atoms. The molecule has 0 aliphatic rings. The molecule has 4 rings (SSSR count). The SMILES string of the molecule is Cc1ccc(C)c(Cn2c(=O)c3c(nc4n(CCCO)c(C)cn34)n(C)c2=O)c1. The molecular formula is C21H25N5O3. The third-order valence-electron chi connectivity index (χ3n) is 5.51. The van der Waals surface area contributed by atoms with Crippen molar-refractivity contribution in [3.05, 3.63) is 67.6 Å². The van der Waals surface area contributed by atoms with E-state index in [1.807, 2.05) is 49.7 Å². The monoisotopic (exact) mass is 395 g/mol. The van der Waals surface area contributed by atoms with E-state index in [1.165, 1.54) is 9.13 Å². The molecular weight excluding hydrogens is 370 g/mol. The number of hydrogen-bond acceptors (Lipinski definition) is 4. The Balaban J connectivity index is 1.98. The zero-order valence-electron chi connectivity index (χ0n) is 17.1. The van der Waals surface area contributed by atoms with E-state index < -0.39 is 0 Å². The van der Waals surface area contributed by atoms with Crippen LogP contribution < -0.4 is 11.2 Å². The molecule has 0 amide bonds. The van der Waals surface area contributed by atoms with Crippen LogP contribution >= 0.6 is 0 Å². The number of benzene rings is 1.